The zero-order chi connectivity index (χ0) is 12.1. The second-order valence-electron chi connectivity index (χ2n) is 3.32. The van der Waals surface area contributed by atoms with Crippen molar-refractivity contribution in [1.82, 2.24) is 9.97 Å². The summed E-state index contributed by atoms with van der Waals surface area (Å²) < 4.78 is 10.3. The summed E-state index contributed by atoms with van der Waals surface area (Å²) in [4.78, 5) is 9.57. The van der Waals surface area contributed by atoms with E-state index in [1.54, 1.807) is 18.4 Å². The Balaban J connectivity index is 2.11. The number of ether oxygens (including phenoxy) is 2. The van der Waals surface area contributed by atoms with E-state index < -0.39 is 0 Å². The summed E-state index contributed by atoms with van der Waals surface area (Å²) in [5, 5.41) is 2.88. The Bertz CT molecular complexity index is 488. The molecule has 0 aliphatic rings. The Labute approximate surface area is 103 Å². The van der Waals surface area contributed by atoms with Crippen LogP contribution in [0, 0.1) is 0 Å². The van der Waals surface area contributed by atoms with Gasteiger partial charge in [-0.05, 0) is 11.4 Å². The first-order chi connectivity index (χ1) is 8.35. The number of aromatic nitrogens is 2. The SMILES string of the molecule is COCCOCc1nc(NN)c2ccsc2n1. The highest BCUT2D eigenvalue weighted by atomic mass is 32.1. The van der Waals surface area contributed by atoms with Crippen molar-refractivity contribution in [2.75, 3.05) is 25.7 Å². The van der Waals surface area contributed by atoms with E-state index in [2.05, 4.69) is 15.4 Å². The molecule has 92 valence electrons. The molecule has 17 heavy (non-hydrogen) atoms. The van der Waals surface area contributed by atoms with E-state index in [1.165, 1.54) is 0 Å². The number of anilines is 1. The molecular weight excluding hydrogens is 240 g/mol. The minimum absolute atomic E-state index is 0.353. The van der Waals surface area contributed by atoms with E-state index in [-0.39, 0.29) is 0 Å². The number of fused-ring (bicyclic) bond motifs is 1. The molecule has 2 aromatic rings. The molecule has 0 amide bonds. The van der Waals surface area contributed by atoms with Crippen LogP contribution in [0.1, 0.15) is 5.82 Å². The Morgan fingerprint density at radius 3 is 3.06 bits per heavy atom. The van der Waals surface area contributed by atoms with E-state index in [4.69, 9.17) is 15.3 Å². The third kappa shape index (κ3) is 2.89. The van der Waals surface area contributed by atoms with Gasteiger partial charge in [-0.25, -0.2) is 15.8 Å². The molecule has 0 bridgehead atoms. The molecule has 0 saturated carbocycles. The third-order valence-electron chi connectivity index (χ3n) is 2.17. The topological polar surface area (TPSA) is 82.3 Å². The van der Waals surface area contributed by atoms with Gasteiger partial charge in [-0.3, -0.25) is 0 Å². The highest BCUT2D eigenvalue weighted by Gasteiger charge is 2.07. The van der Waals surface area contributed by atoms with Gasteiger partial charge in [-0.2, -0.15) is 0 Å². The Hall–Kier alpha value is -1.28. The molecule has 0 spiro atoms. The second-order valence-corrected chi connectivity index (χ2v) is 4.21. The van der Waals surface area contributed by atoms with Crippen LogP contribution in [0.5, 0.6) is 0 Å². The van der Waals surface area contributed by atoms with Crippen LogP contribution in [0.3, 0.4) is 0 Å². The Morgan fingerprint density at radius 2 is 2.29 bits per heavy atom. The van der Waals surface area contributed by atoms with Gasteiger partial charge in [0.25, 0.3) is 0 Å². The fourth-order valence-electron chi connectivity index (χ4n) is 1.38. The normalized spacial score (nSPS) is 10.9. The lowest BCUT2D eigenvalue weighted by atomic mass is 10.4. The number of hydrazine groups is 1. The molecule has 0 aliphatic carbocycles. The summed E-state index contributed by atoms with van der Waals surface area (Å²) in [6, 6.07) is 1.94. The van der Waals surface area contributed by atoms with Crippen LogP contribution in [-0.2, 0) is 16.1 Å². The summed E-state index contributed by atoms with van der Waals surface area (Å²) in [5.41, 5.74) is 2.57. The van der Waals surface area contributed by atoms with Crippen LogP contribution in [0.25, 0.3) is 10.2 Å². The van der Waals surface area contributed by atoms with Crippen molar-refractivity contribution < 1.29 is 9.47 Å². The largest absolute Gasteiger partial charge is 0.382 e. The van der Waals surface area contributed by atoms with Crippen LogP contribution in [-0.4, -0.2) is 30.3 Å². The molecule has 2 heterocycles. The lowest BCUT2D eigenvalue weighted by molar-refractivity contribution is 0.0588. The van der Waals surface area contributed by atoms with Crippen LogP contribution >= 0.6 is 11.3 Å². The first-order valence-electron chi connectivity index (χ1n) is 5.12. The van der Waals surface area contributed by atoms with Crippen molar-refractivity contribution in [3.63, 3.8) is 0 Å². The summed E-state index contributed by atoms with van der Waals surface area (Å²) in [7, 11) is 1.63. The maximum absolute atomic E-state index is 5.42. The molecule has 2 aromatic heterocycles. The molecule has 0 unspecified atom stereocenters. The molecule has 0 fully saturated rings. The highest BCUT2D eigenvalue weighted by molar-refractivity contribution is 7.16. The van der Waals surface area contributed by atoms with Crippen molar-refractivity contribution in [2.24, 2.45) is 5.84 Å². The van der Waals surface area contributed by atoms with Gasteiger partial charge in [0.2, 0.25) is 0 Å². The number of nitrogens with one attached hydrogen (secondary N) is 1. The van der Waals surface area contributed by atoms with Crippen molar-refractivity contribution in [1.29, 1.82) is 0 Å². The average Bonchev–Trinajstić information content (AvgIpc) is 2.81. The van der Waals surface area contributed by atoms with Crippen molar-refractivity contribution in [3.05, 3.63) is 17.3 Å². The van der Waals surface area contributed by atoms with Gasteiger partial charge in [-0.1, -0.05) is 0 Å². The zero-order valence-electron chi connectivity index (χ0n) is 9.47. The van der Waals surface area contributed by atoms with Crippen LogP contribution in [0.2, 0.25) is 0 Å². The third-order valence-corrected chi connectivity index (χ3v) is 2.98. The number of nitrogens with zero attached hydrogens (tertiary/aromatic N) is 2. The monoisotopic (exact) mass is 254 g/mol. The van der Waals surface area contributed by atoms with Crippen LogP contribution in [0.15, 0.2) is 11.4 Å². The maximum atomic E-state index is 5.42. The maximum Gasteiger partial charge on any atom is 0.158 e. The van der Waals surface area contributed by atoms with Gasteiger partial charge in [0.05, 0.1) is 18.6 Å². The summed E-state index contributed by atoms with van der Waals surface area (Å²) in [6.45, 7) is 1.43. The Kier molecular flexibility index (Phi) is 4.21. The number of hydrogen-bond donors (Lipinski definition) is 2. The number of rotatable bonds is 6. The molecule has 0 atom stereocenters. The lowest BCUT2D eigenvalue weighted by Gasteiger charge is -2.05. The molecule has 0 radical (unpaired) electrons. The molecule has 6 nitrogen and oxygen atoms in total. The van der Waals surface area contributed by atoms with Gasteiger partial charge in [0.1, 0.15) is 11.4 Å². The van der Waals surface area contributed by atoms with E-state index in [0.717, 1.165) is 10.2 Å². The van der Waals surface area contributed by atoms with Gasteiger partial charge in [-0.15, -0.1) is 11.3 Å². The van der Waals surface area contributed by atoms with Gasteiger partial charge in [0, 0.05) is 7.11 Å². The molecular formula is C10H14N4O2S. The molecule has 7 heteroatoms. The number of thiophene rings is 1. The van der Waals surface area contributed by atoms with Crippen molar-refractivity contribution in [3.8, 4) is 0 Å². The predicted molar refractivity (Wildman–Crippen MR) is 66.8 cm³/mol. The van der Waals surface area contributed by atoms with E-state index in [9.17, 15) is 0 Å². The molecule has 0 aliphatic heterocycles. The molecule has 0 aromatic carbocycles. The first-order valence-corrected chi connectivity index (χ1v) is 6.00. The fraction of sp³-hybridized carbons (Fsp3) is 0.400. The van der Waals surface area contributed by atoms with Crippen molar-refractivity contribution in [2.45, 2.75) is 6.61 Å². The van der Waals surface area contributed by atoms with E-state index >= 15 is 0 Å². The first kappa shape index (κ1) is 12.2. The molecule has 2 rings (SSSR count). The minimum Gasteiger partial charge on any atom is -0.382 e. The highest BCUT2D eigenvalue weighted by Crippen LogP contribution is 2.24. The predicted octanol–water partition coefficient (Wildman–Crippen LogP) is 1.14. The number of methoxy groups -OCH3 is 1. The number of nitrogen functional groups attached to an aromatic ring is 1. The smallest absolute Gasteiger partial charge is 0.158 e. The zero-order valence-corrected chi connectivity index (χ0v) is 10.3. The van der Waals surface area contributed by atoms with Crippen LogP contribution in [0.4, 0.5) is 5.82 Å². The van der Waals surface area contributed by atoms with Crippen molar-refractivity contribution >= 4 is 27.4 Å². The summed E-state index contributed by atoms with van der Waals surface area (Å²) >= 11 is 1.55. The molecule has 0 saturated heterocycles. The van der Waals surface area contributed by atoms with E-state index in [1.807, 2.05) is 11.4 Å². The van der Waals surface area contributed by atoms with Crippen LogP contribution < -0.4 is 11.3 Å². The fourth-order valence-corrected chi connectivity index (χ4v) is 2.16. The van der Waals surface area contributed by atoms with E-state index in [0.29, 0.717) is 31.5 Å². The summed E-state index contributed by atoms with van der Waals surface area (Å²) in [6.07, 6.45) is 0. The number of nitrogens with two attached hydrogens (primary N) is 1. The second kappa shape index (κ2) is 5.87. The van der Waals surface area contributed by atoms with Gasteiger partial charge < -0.3 is 14.9 Å². The Morgan fingerprint density at radius 1 is 1.41 bits per heavy atom. The average molecular weight is 254 g/mol. The van der Waals surface area contributed by atoms with Gasteiger partial charge >= 0.3 is 0 Å². The quantitative estimate of drug-likeness (QED) is 0.457. The standard InChI is InChI=1S/C10H14N4O2S/c1-15-3-4-16-6-8-12-9(14-11)7-2-5-17-10(7)13-8/h2,5H,3-4,6,11H2,1H3,(H,12,13,14). The number of hydrogen-bond acceptors (Lipinski definition) is 7. The molecule has 3 N–H and O–H groups in total. The minimum atomic E-state index is 0.353. The summed E-state index contributed by atoms with van der Waals surface area (Å²) in [5.74, 6) is 6.67. The lowest BCUT2D eigenvalue weighted by Crippen LogP contribution is -2.11. The van der Waals surface area contributed by atoms with Gasteiger partial charge in [0.15, 0.2) is 11.6 Å².